The third kappa shape index (κ3) is 6.82. The van der Waals surface area contributed by atoms with Crippen LogP contribution in [0.5, 0.6) is 0 Å². The maximum Gasteiger partial charge on any atom is 0.184 e. The van der Waals surface area contributed by atoms with Gasteiger partial charge in [0.25, 0.3) is 0 Å². The van der Waals surface area contributed by atoms with Crippen LogP contribution in [0.3, 0.4) is 0 Å². The zero-order valence-electron chi connectivity index (χ0n) is 10.5. The molecule has 0 aromatic heterocycles. The Bertz CT molecular complexity index is 266. The second-order valence-corrected chi connectivity index (χ2v) is 5.72. The van der Waals surface area contributed by atoms with Gasteiger partial charge in [-0.3, -0.25) is 0 Å². The van der Waals surface area contributed by atoms with Crippen molar-refractivity contribution >= 4 is 28.3 Å². The summed E-state index contributed by atoms with van der Waals surface area (Å²) in [6.07, 6.45) is -5.90. The molecule has 0 radical (unpaired) electrons. The van der Waals surface area contributed by atoms with Crippen molar-refractivity contribution in [3.8, 4) is 0 Å². The molecule has 0 aromatic carbocycles. The van der Waals surface area contributed by atoms with Crippen LogP contribution in [0.4, 0.5) is 0 Å². The molecule has 7 N–H and O–H groups in total. The van der Waals surface area contributed by atoms with E-state index in [1.807, 2.05) is 0 Å². The zero-order valence-corrected chi connectivity index (χ0v) is 12.2. The molecule has 0 amide bonds. The molecule has 1 rings (SSSR count). The van der Waals surface area contributed by atoms with E-state index in [9.17, 15) is 0 Å². The molecule has 0 aromatic rings. The van der Waals surface area contributed by atoms with Crippen molar-refractivity contribution in [1.82, 2.24) is 0 Å². The maximum atomic E-state index is 9.12. The van der Waals surface area contributed by atoms with E-state index in [4.69, 9.17) is 31.3 Å². The number of aliphatic hydroxyl groups is 5. The number of ether oxygens (including phenoxy) is 1. The summed E-state index contributed by atoms with van der Waals surface area (Å²) in [6.45, 7) is 1.58. The Kier molecular flexibility index (Phi) is 9.83. The van der Waals surface area contributed by atoms with E-state index in [-0.39, 0.29) is 0 Å². The van der Waals surface area contributed by atoms with Gasteiger partial charge in [0.15, 0.2) is 6.29 Å². The predicted molar refractivity (Wildman–Crippen MR) is 75.5 cm³/mol. The van der Waals surface area contributed by atoms with E-state index in [2.05, 4.69) is 23.9 Å². The van der Waals surface area contributed by atoms with Crippen molar-refractivity contribution in [2.45, 2.75) is 44.1 Å². The average molecular weight is 315 g/mol. The number of thioether (sulfide) groups is 1. The molecule has 19 heavy (non-hydrogen) atoms. The van der Waals surface area contributed by atoms with Crippen molar-refractivity contribution in [3.63, 3.8) is 0 Å². The molecule has 1 saturated heterocycles. The first-order chi connectivity index (χ1) is 8.84. The van der Waals surface area contributed by atoms with Crippen LogP contribution in [-0.2, 0) is 4.74 Å². The van der Waals surface area contributed by atoms with Crippen LogP contribution in [0.25, 0.3) is 0 Å². The lowest BCUT2D eigenvalue weighted by atomic mass is 10.00. The van der Waals surface area contributed by atoms with E-state index < -0.39 is 37.3 Å². The van der Waals surface area contributed by atoms with Crippen LogP contribution in [0.1, 0.15) is 13.3 Å². The average Bonchev–Trinajstić information content (AvgIpc) is 2.38. The maximum absolute atomic E-state index is 9.12. The molecule has 0 bridgehead atoms. The van der Waals surface area contributed by atoms with Crippen molar-refractivity contribution in [1.29, 1.82) is 0 Å². The van der Waals surface area contributed by atoms with E-state index >= 15 is 0 Å². The lowest BCUT2D eigenvalue weighted by Gasteiger charge is -2.37. The van der Waals surface area contributed by atoms with Gasteiger partial charge in [0, 0.05) is 0 Å². The number of nitrogens with two attached hydrogens (primary N) is 1. The Hall–Kier alpha value is -0.0000000000000000694. The van der Waals surface area contributed by atoms with Crippen LogP contribution < -0.4 is 5.73 Å². The molecule has 0 saturated carbocycles. The molecule has 1 aliphatic heterocycles. The smallest absolute Gasteiger partial charge is 0.184 e. The molecular weight excluding hydrogens is 294 g/mol. The van der Waals surface area contributed by atoms with Crippen LogP contribution >= 0.6 is 24.0 Å². The van der Waals surface area contributed by atoms with Crippen LogP contribution in [0.15, 0.2) is 0 Å². The van der Waals surface area contributed by atoms with Crippen LogP contribution in [0.2, 0.25) is 0 Å². The second-order valence-electron chi connectivity index (χ2n) is 3.89. The van der Waals surface area contributed by atoms with E-state index in [1.54, 1.807) is 11.8 Å². The molecule has 5 atom stereocenters. The molecular formula is C10H21NO6S2. The number of rotatable bonds is 3. The largest absolute Gasteiger partial charge is 0.394 e. The minimum atomic E-state index is -1.57. The summed E-state index contributed by atoms with van der Waals surface area (Å²) in [6, 6.07) is 0. The molecule has 1 unspecified atom stereocenters. The highest BCUT2D eigenvalue weighted by Gasteiger charge is 2.42. The standard InChI is InChI=1S/C6H12O6.C4H9NS2/c7-1-2-3(8)4(9)5(10)6(11)12-2;1-2-3-7-4(5)6/h2-11H,1H2;2-3H2,1H3,(H2,5,6)/t2-,3+,4+,5-,6?;/m1./s1. The zero-order chi connectivity index (χ0) is 15.0. The fraction of sp³-hybridized carbons (Fsp3) is 0.900. The summed E-state index contributed by atoms with van der Waals surface area (Å²) in [5.41, 5.74) is 5.17. The molecule has 0 spiro atoms. The van der Waals surface area contributed by atoms with Gasteiger partial charge in [0.05, 0.1) is 6.61 Å². The third-order valence-corrected chi connectivity index (χ3v) is 3.57. The van der Waals surface area contributed by atoms with Crippen molar-refractivity contribution in [2.75, 3.05) is 12.4 Å². The Morgan fingerprint density at radius 2 is 1.79 bits per heavy atom. The molecule has 1 heterocycles. The highest BCUT2D eigenvalue weighted by molar-refractivity contribution is 8.22. The Morgan fingerprint density at radius 3 is 2.16 bits per heavy atom. The molecule has 1 fully saturated rings. The fourth-order valence-corrected chi connectivity index (χ4v) is 1.94. The first-order valence-electron chi connectivity index (χ1n) is 5.75. The predicted octanol–water partition coefficient (Wildman–Crippen LogP) is -1.85. The van der Waals surface area contributed by atoms with E-state index in [0.717, 1.165) is 12.2 Å². The molecule has 7 nitrogen and oxygen atoms in total. The lowest BCUT2D eigenvalue weighted by molar-refractivity contribution is -0.286. The Labute approximate surface area is 121 Å². The number of hydrogen-bond donors (Lipinski definition) is 6. The minimum Gasteiger partial charge on any atom is -0.394 e. The number of aliphatic hydroxyl groups excluding tert-OH is 5. The Balaban J connectivity index is 0.000000399. The first kappa shape index (κ1) is 19.0. The monoisotopic (exact) mass is 315 g/mol. The summed E-state index contributed by atoms with van der Waals surface area (Å²) >= 11 is 6.14. The summed E-state index contributed by atoms with van der Waals surface area (Å²) in [7, 11) is 0. The normalized spacial score (nSPS) is 34.3. The van der Waals surface area contributed by atoms with Gasteiger partial charge in [-0.15, -0.1) is 0 Å². The summed E-state index contributed by atoms with van der Waals surface area (Å²) in [5.74, 6) is 1.05. The summed E-state index contributed by atoms with van der Waals surface area (Å²) in [5, 5.41) is 44.7. The van der Waals surface area contributed by atoms with E-state index in [1.165, 1.54) is 0 Å². The first-order valence-corrected chi connectivity index (χ1v) is 7.15. The van der Waals surface area contributed by atoms with Crippen molar-refractivity contribution in [3.05, 3.63) is 0 Å². The Morgan fingerprint density at radius 1 is 1.21 bits per heavy atom. The number of hydrogen-bond acceptors (Lipinski definition) is 8. The van der Waals surface area contributed by atoms with Gasteiger partial charge < -0.3 is 36.0 Å². The highest BCUT2D eigenvalue weighted by atomic mass is 32.2. The minimum absolute atomic E-state index is 0.526. The molecule has 9 heteroatoms. The fourth-order valence-electron chi connectivity index (χ4n) is 1.28. The van der Waals surface area contributed by atoms with Crippen molar-refractivity contribution < 1.29 is 30.3 Å². The number of thiocarbonyl (C=S) groups is 1. The second kappa shape index (κ2) is 9.83. The van der Waals surface area contributed by atoms with Crippen molar-refractivity contribution in [2.24, 2.45) is 5.73 Å². The van der Waals surface area contributed by atoms with Gasteiger partial charge in [0.2, 0.25) is 0 Å². The SMILES string of the molecule is CCCSC(N)=S.OC[C@H]1OC(O)[C@H](O)[C@@H](O)[C@H]1O. The highest BCUT2D eigenvalue weighted by Crippen LogP contribution is 2.18. The van der Waals surface area contributed by atoms with Gasteiger partial charge >= 0.3 is 0 Å². The quantitative estimate of drug-likeness (QED) is 0.332. The van der Waals surface area contributed by atoms with Gasteiger partial charge in [-0.05, 0) is 12.2 Å². The van der Waals surface area contributed by atoms with Gasteiger partial charge in [-0.1, -0.05) is 30.9 Å². The van der Waals surface area contributed by atoms with Crippen LogP contribution in [-0.4, -0.2) is 72.9 Å². The molecule has 0 aliphatic carbocycles. The van der Waals surface area contributed by atoms with Crippen LogP contribution in [0, 0.1) is 0 Å². The van der Waals surface area contributed by atoms with Gasteiger partial charge in [-0.25, -0.2) is 0 Å². The molecule has 1 aliphatic rings. The lowest BCUT2D eigenvalue weighted by Crippen LogP contribution is -2.58. The molecule has 114 valence electrons. The van der Waals surface area contributed by atoms with E-state index in [0.29, 0.717) is 4.32 Å². The summed E-state index contributed by atoms with van der Waals surface area (Å²) in [4.78, 5) is 0. The summed E-state index contributed by atoms with van der Waals surface area (Å²) < 4.78 is 5.13. The van der Waals surface area contributed by atoms with Gasteiger partial charge in [-0.2, -0.15) is 0 Å². The van der Waals surface area contributed by atoms with Gasteiger partial charge in [0.1, 0.15) is 28.7 Å². The topological polar surface area (TPSA) is 136 Å². The third-order valence-electron chi connectivity index (χ3n) is 2.32.